The first-order chi connectivity index (χ1) is 8.97. The number of hydrogen-bond acceptors (Lipinski definition) is 4. The van der Waals surface area contributed by atoms with E-state index in [-0.39, 0.29) is 4.90 Å². The van der Waals surface area contributed by atoms with Gasteiger partial charge in [-0.05, 0) is 18.1 Å². The van der Waals surface area contributed by atoms with Crippen LogP contribution in [-0.4, -0.2) is 37.8 Å². The largest absolute Gasteiger partial charge is 0.372 e. The Kier molecular flexibility index (Phi) is 5.75. The molecule has 0 fully saturated rings. The predicted octanol–water partition coefficient (Wildman–Crippen LogP) is 2.18. The Hall–Kier alpha value is -1.14. The molecular formula is C13H23N3O2S. The minimum absolute atomic E-state index is 0.239. The van der Waals surface area contributed by atoms with Crippen LogP contribution in [0.2, 0.25) is 0 Å². The third-order valence-electron chi connectivity index (χ3n) is 3.19. The van der Waals surface area contributed by atoms with Gasteiger partial charge in [0, 0.05) is 26.3 Å². The lowest BCUT2D eigenvalue weighted by molar-refractivity contribution is 0.361. The molecule has 0 radical (unpaired) electrons. The molecule has 108 valence electrons. The number of nitrogens with one attached hydrogen (secondary N) is 1. The Labute approximate surface area is 116 Å². The summed E-state index contributed by atoms with van der Waals surface area (Å²) in [6.07, 6.45) is 2.54. The van der Waals surface area contributed by atoms with Crippen LogP contribution in [0, 0.1) is 5.92 Å². The average molecular weight is 285 g/mol. The molecule has 19 heavy (non-hydrogen) atoms. The van der Waals surface area contributed by atoms with E-state index in [1.165, 1.54) is 4.31 Å². The van der Waals surface area contributed by atoms with Gasteiger partial charge in [0.15, 0.2) is 0 Å². The van der Waals surface area contributed by atoms with Crippen molar-refractivity contribution in [2.45, 2.75) is 32.1 Å². The van der Waals surface area contributed by atoms with Crippen molar-refractivity contribution >= 4 is 15.8 Å². The quantitative estimate of drug-likeness (QED) is 0.834. The van der Waals surface area contributed by atoms with Crippen LogP contribution in [0.4, 0.5) is 5.82 Å². The van der Waals surface area contributed by atoms with Crippen molar-refractivity contribution in [2.75, 3.05) is 25.5 Å². The zero-order chi connectivity index (χ0) is 14.5. The highest BCUT2D eigenvalue weighted by Crippen LogP contribution is 2.23. The van der Waals surface area contributed by atoms with Gasteiger partial charge in [-0.25, -0.2) is 13.4 Å². The summed E-state index contributed by atoms with van der Waals surface area (Å²) in [7, 11) is -1.82. The number of hydrogen-bond donors (Lipinski definition) is 1. The molecule has 0 aliphatic rings. The molecule has 1 heterocycles. The van der Waals surface area contributed by atoms with Crippen LogP contribution < -0.4 is 5.32 Å². The molecule has 0 amide bonds. The Morgan fingerprint density at radius 1 is 1.42 bits per heavy atom. The van der Waals surface area contributed by atoms with E-state index in [2.05, 4.69) is 24.1 Å². The Balaban J connectivity index is 3.13. The minimum atomic E-state index is -3.49. The predicted molar refractivity (Wildman–Crippen MR) is 77.7 cm³/mol. The monoisotopic (exact) mass is 285 g/mol. The second kappa shape index (κ2) is 6.86. The summed E-state index contributed by atoms with van der Waals surface area (Å²) >= 11 is 0. The van der Waals surface area contributed by atoms with E-state index < -0.39 is 10.0 Å². The van der Waals surface area contributed by atoms with Gasteiger partial charge in [-0.15, -0.1) is 0 Å². The second-order valence-electron chi connectivity index (χ2n) is 4.57. The van der Waals surface area contributed by atoms with Crippen LogP contribution in [0.3, 0.4) is 0 Å². The van der Waals surface area contributed by atoms with Crippen molar-refractivity contribution in [3.63, 3.8) is 0 Å². The minimum Gasteiger partial charge on any atom is -0.372 e. The molecule has 1 atom stereocenters. The van der Waals surface area contributed by atoms with Crippen molar-refractivity contribution in [3.05, 3.63) is 18.3 Å². The van der Waals surface area contributed by atoms with E-state index in [1.54, 1.807) is 25.4 Å². The zero-order valence-electron chi connectivity index (χ0n) is 12.0. The number of nitrogens with zero attached hydrogens (tertiary/aromatic N) is 2. The van der Waals surface area contributed by atoms with Crippen molar-refractivity contribution < 1.29 is 8.42 Å². The molecule has 0 saturated carbocycles. The van der Waals surface area contributed by atoms with Crippen LogP contribution in [0.15, 0.2) is 23.2 Å². The molecule has 1 N–H and O–H groups in total. The standard InChI is InChI=1S/C13H23N3O2S/c1-5-11(3)10-16(6-2)19(17,18)12-8-7-9-15-13(12)14-4/h7-9,11H,5-6,10H2,1-4H3,(H,14,15). The Morgan fingerprint density at radius 3 is 2.63 bits per heavy atom. The number of sulfonamides is 1. The van der Waals surface area contributed by atoms with E-state index in [4.69, 9.17) is 0 Å². The summed E-state index contributed by atoms with van der Waals surface area (Å²) in [5, 5.41) is 2.83. The SMILES string of the molecule is CCC(C)CN(CC)S(=O)(=O)c1cccnc1NC. The molecule has 6 heteroatoms. The topological polar surface area (TPSA) is 62.3 Å². The Morgan fingerprint density at radius 2 is 2.11 bits per heavy atom. The van der Waals surface area contributed by atoms with Crippen molar-refractivity contribution in [1.29, 1.82) is 0 Å². The maximum Gasteiger partial charge on any atom is 0.246 e. The summed E-state index contributed by atoms with van der Waals surface area (Å²) in [6, 6.07) is 3.23. The molecule has 5 nitrogen and oxygen atoms in total. The Bertz CT molecular complexity index is 502. The highest BCUT2D eigenvalue weighted by molar-refractivity contribution is 7.89. The van der Waals surface area contributed by atoms with Crippen LogP contribution in [0.1, 0.15) is 27.2 Å². The van der Waals surface area contributed by atoms with Gasteiger partial charge in [-0.2, -0.15) is 4.31 Å². The molecule has 0 bridgehead atoms. The second-order valence-corrected chi connectivity index (χ2v) is 6.48. The number of anilines is 1. The molecule has 0 spiro atoms. The summed E-state index contributed by atoms with van der Waals surface area (Å²) in [5.74, 6) is 0.731. The van der Waals surface area contributed by atoms with Gasteiger partial charge in [0.2, 0.25) is 10.0 Å². The van der Waals surface area contributed by atoms with Gasteiger partial charge in [-0.1, -0.05) is 27.2 Å². The van der Waals surface area contributed by atoms with Crippen molar-refractivity contribution in [2.24, 2.45) is 5.92 Å². The highest BCUT2D eigenvalue weighted by atomic mass is 32.2. The first kappa shape index (κ1) is 15.9. The third kappa shape index (κ3) is 3.67. The molecule has 0 aliphatic heterocycles. The molecule has 1 aromatic rings. The van der Waals surface area contributed by atoms with E-state index in [1.807, 2.05) is 6.92 Å². The smallest absolute Gasteiger partial charge is 0.246 e. The van der Waals surface area contributed by atoms with Crippen molar-refractivity contribution in [1.82, 2.24) is 9.29 Å². The fraction of sp³-hybridized carbons (Fsp3) is 0.615. The zero-order valence-corrected chi connectivity index (χ0v) is 12.9. The summed E-state index contributed by atoms with van der Waals surface area (Å²) < 4.78 is 26.8. The molecule has 1 aromatic heterocycles. The molecular weight excluding hydrogens is 262 g/mol. The van der Waals surface area contributed by atoms with Gasteiger partial charge in [0.05, 0.1) is 0 Å². The fourth-order valence-corrected chi connectivity index (χ4v) is 3.52. The van der Waals surface area contributed by atoms with E-state index in [9.17, 15) is 8.42 Å². The molecule has 0 aliphatic carbocycles. The normalized spacial score (nSPS) is 13.5. The van der Waals surface area contributed by atoms with Crippen LogP contribution in [0.25, 0.3) is 0 Å². The summed E-state index contributed by atoms with van der Waals surface area (Å²) in [6.45, 7) is 6.97. The molecule has 0 aromatic carbocycles. The average Bonchev–Trinajstić information content (AvgIpc) is 2.43. The number of rotatable bonds is 7. The van der Waals surface area contributed by atoms with Gasteiger partial charge >= 0.3 is 0 Å². The third-order valence-corrected chi connectivity index (χ3v) is 5.16. The van der Waals surface area contributed by atoms with Crippen molar-refractivity contribution in [3.8, 4) is 0 Å². The van der Waals surface area contributed by atoms with Gasteiger partial charge in [-0.3, -0.25) is 0 Å². The first-order valence-corrected chi connectivity index (χ1v) is 8.04. The molecule has 1 rings (SSSR count). The summed E-state index contributed by atoms with van der Waals surface area (Å²) in [4.78, 5) is 4.30. The highest BCUT2D eigenvalue weighted by Gasteiger charge is 2.27. The van der Waals surface area contributed by atoms with E-state index in [0.29, 0.717) is 24.8 Å². The van der Waals surface area contributed by atoms with Crippen LogP contribution in [-0.2, 0) is 10.0 Å². The van der Waals surface area contributed by atoms with E-state index >= 15 is 0 Å². The lowest BCUT2D eigenvalue weighted by atomic mass is 10.1. The van der Waals surface area contributed by atoms with Crippen LogP contribution >= 0.6 is 0 Å². The number of aromatic nitrogens is 1. The lowest BCUT2D eigenvalue weighted by Gasteiger charge is -2.24. The fourth-order valence-electron chi connectivity index (χ4n) is 1.80. The maximum atomic E-state index is 12.6. The molecule has 0 saturated heterocycles. The first-order valence-electron chi connectivity index (χ1n) is 6.60. The lowest BCUT2D eigenvalue weighted by Crippen LogP contribution is -2.35. The van der Waals surface area contributed by atoms with Gasteiger partial charge in [0.1, 0.15) is 10.7 Å². The summed E-state index contributed by atoms with van der Waals surface area (Å²) in [5.41, 5.74) is 0. The van der Waals surface area contributed by atoms with Crippen LogP contribution in [0.5, 0.6) is 0 Å². The van der Waals surface area contributed by atoms with Gasteiger partial charge in [0.25, 0.3) is 0 Å². The molecule has 1 unspecified atom stereocenters. The maximum absolute atomic E-state index is 12.6. The van der Waals surface area contributed by atoms with Gasteiger partial charge < -0.3 is 5.32 Å². The van der Waals surface area contributed by atoms with E-state index in [0.717, 1.165) is 6.42 Å². The number of pyridine rings is 1.